The predicted octanol–water partition coefficient (Wildman–Crippen LogP) is 4.91. The highest BCUT2D eigenvalue weighted by Crippen LogP contribution is 2.60. The number of ether oxygens (including phenoxy) is 2. The SMILES string of the molecule is CC(C)(C)N=C1OC(C(F)(F)F)(C(F)(F)F)OC1(C(F)(F)F)C(F)(F)F. The van der Waals surface area contributed by atoms with Crippen LogP contribution in [0.4, 0.5) is 52.7 Å². The summed E-state index contributed by atoms with van der Waals surface area (Å²) in [5.74, 6) is -9.16. The van der Waals surface area contributed by atoms with Gasteiger partial charge in [0.1, 0.15) is 0 Å². The van der Waals surface area contributed by atoms with E-state index in [0.717, 1.165) is 20.8 Å². The summed E-state index contributed by atoms with van der Waals surface area (Å²) in [7, 11) is 0. The van der Waals surface area contributed by atoms with Crippen LogP contribution >= 0.6 is 0 Å². The van der Waals surface area contributed by atoms with Crippen molar-refractivity contribution in [2.75, 3.05) is 0 Å². The monoisotopic (exact) mass is 415 g/mol. The molecular formula is C11H9F12NO2. The predicted molar refractivity (Wildman–Crippen MR) is 59.0 cm³/mol. The molecule has 0 saturated carbocycles. The van der Waals surface area contributed by atoms with Crippen molar-refractivity contribution >= 4 is 5.90 Å². The Morgan fingerprint density at radius 2 is 1.00 bits per heavy atom. The third-order valence-electron chi connectivity index (χ3n) is 2.82. The molecule has 0 radical (unpaired) electrons. The number of alkyl halides is 12. The summed E-state index contributed by atoms with van der Waals surface area (Å²) in [6, 6.07) is 0. The zero-order valence-electron chi connectivity index (χ0n) is 12.8. The molecule has 0 N–H and O–H groups in total. The molecule has 3 nitrogen and oxygen atoms in total. The van der Waals surface area contributed by atoms with E-state index in [4.69, 9.17) is 0 Å². The standard InChI is InChI=1S/C11H9F12NO2/c1-5(2,3)24-4-6(8(12,13)14,9(15,16)17)26-7(25-4,10(18,19)20)11(21,22)23/h1-3H3. The quantitative estimate of drug-likeness (QED) is 0.527. The zero-order chi connectivity index (χ0) is 21.2. The van der Waals surface area contributed by atoms with Crippen molar-refractivity contribution in [2.24, 2.45) is 4.99 Å². The van der Waals surface area contributed by atoms with Gasteiger partial charge in [-0.05, 0) is 20.8 Å². The van der Waals surface area contributed by atoms with E-state index in [1.807, 2.05) is 0 Å². The number of hydrogen-bond acceptors (Lipinski definition) is 3. The van der Waals surface area contributed by atoms with Crippen molar-refractivity contribution in [3.8, 4) is 0 Å². The van der Waals surface area contributed by atoms with E-state index in [2.05, 4.69) is 14.5 Å². The Morgan fingerprint density at radius 1 is 0.654 bits per heavy atom. The lowest BCUT2D eigenvalue weighted by atomic mass is 10.0. The zero-order valence-corrected chi connectivity index (χ0v) is 12.8. The van der Waals surface area contributed by atoms with Gasteiger partial charge in [0.15, 0.2) is 0 Å². The molecule has 154 valence electrons. The molecule has 0 aliphatic carbocycles. The topological polar surface area (TPSA) is 30.8 Å². The lowest BCUT2D eigenvalue weighted by molar-refractivity contribution is -0.473. The lowest BCUT2D eigenvalue weighted by Crippen LogP contribution is -2.65. The number of hydrogen-bond donors (Lipinski definition) is 0. The maximum absolute atomic E-state index is 13.1. The highest BCUT2D eigenvalue weighted by atomic mass is 19.4. The second-order valence-electron chi connectivity index (χ2n) is 6.08. The highest BCUT2D eigenvalue weighted by molar-refractivity contribution is 5.90. The van der Waals surface area contributed by atoms with Gasteiger partial charge in [0.05, 0.1) is 5.54 Å². The fourth-order valence-electron chi connectivity index (χ4n) is 1.81. The van der Waals surface area contributed by atoms with E-state index in [9.17, 15) is 52.7 Å². The molecule has 15 heteroatoms. The van der Waals surface area contributed by atoms with Crippen LogP contribution in [0.3, 0.4) is 0 Å². The molecule has 26 heavy (non-hydrogen) atoms. The first-order chi connectivity index (χ1) is 11.0. The fourth-order valence-corrected chi connectivity index (χ4v) is 1.81. The van der Waals surface area contributed by atoms with Gasteiger partial charge < -0.3 is 4.74 Å². The molecule has 1 aliphatic rings. The Balaban J connectivity index is 3.97. The summed E-state index contributed by atoms with van der Waals surface area (Å²) in [6.07, 6.45) is -27.3. The van der Waals surface area contributed by atoms with Gasteiger partial charge in [-0.2, -0.15) is 52.7 Å². The Labute approximate surface area is 136 Å². The van der Waals surface area contributed by atoms with E-state index in [-0.39, 0.29) is 0 Å². The van der Waals surface area contributed by atoms with Crippen molar-refractivity contribution in [3.63, 3.8) is 0 Å². The Bertz CT molecular complexity index is 546. The van der Waals surface area contributed by atoms with Gasteiger partial charge in [-0.3, -0.25) is 4.74 Å². The highest BCUT2D eigenvalue weighted by Gasteiger charge is 2.91. The van der Waals surface area contributed by atoms with Crippen LogP contribution in [0.25, 0.3) is 0 Å². The number of aliphatic imine (C=N–C) groups is 1. The summed E-state index contributed by atoms with van der Waals surface area (Å²) >= 11 is 0. The van der Waals surface area contributed by atoms with Crippen LogP contribution in [0.5, 0.6) is 0 Å². The van der Waals surface area contributed by atoms with Crippen molar-refractivity contribution in [2.45, 2.75) is 62.4 Å². The van der Waals surface area contributed by atoms with E-state index >= 15 is 0 Å². The van der Waals surface area contributed by atoms with Gasteiger partial charge in [-0.1, -0.05) is 0 Å². The molecule has 1 aliphatic heterocycles. The molecule has 0 amide bonds. The van der Waals surface area contributed by atoms with Crippen LogP contribution < -0.4 is 0 Å². The molecule has 0 atom stereocenters. The van der Waals surface area contributed by atoms with Crippen LogP contribution in [-0.4, -0.2) is 47.5 Å². The van der Waals surface area contributed by atoms with Crippen molar-refractivity contribution in [3.05, 3.63) is 0 Å². The molecule has 0 bridgehead atoms. The van der Waals surface area contributed by atoms with Crippen LogP contribution in [0.15, 0.2) is 4.99 Å². The Kier molecular flexibility index (Phi) is 4.83. The van der Waals surface area contributed by atoms with E-state index < -0.39 is 47.5 Å². The van der Waals surface area contributed by atoms with Crippen molar-refractivity contribution < 1.29 is 62.2 Å². The minimum absolute atomic E-state index is 0.821. The molecule has 0 spiro atoms. The van der Waals surface area contributed by atoms with Crippen LogP contribution in [0.2, 0.25) is 0 Å². The van der Waals surface area contributed by atoms with Crippen molar-refractivity contribution in [1.82, 2.24) is 0 Å². The Hall–Kier alpha value is -1.41. The molecule has 1 saturated heterocycles. The van der Waals surface area contributed by atoms with Gasteiger partial charge in [-0.15, -0.1) is 0 Å². The molecule has 0 unspecified atom stereocenters. The average molecular weight is 415 g/mol. The van der Waals surface area contributed by atoms with Gasteiger partial charge in [0.25, 0.3) is 0 Å². The van der Waals surface area contributed by atoms with Crippen molar-refractivity contribution in [1.29, 1.82) is 0 Å². The first-order valence-electron chi connectivity index (χ1n) is 6.28. The molecule has 0 aromatic rings. The smallest absolute Gasteiger partial charge is 0.429 e. The number of rotatable bonds is 0. The summed E-state index contributed by atoms with van der Waals surface area (Å²) in [4.78, 5) is 2.65. The summed E-state index contributed by atoms with van der Waals surface area (Å²) in [5.41, 5.74) is -8.05. The molecular weight excluding hydrogens is 406 g/mol. The van der Waals surface area contributed by atoms with Crippen LogP contribution in [0, 0.1) is 0 Å². The van der Waals surface area contributed by atoms with Gasteiger partial charge in [-0.25, -0.2) is 4.99 Å². The van der Waals surface area contributed by atoms with Gasteiger partial charge in [0.2, 0.25) is 5.90 Å². The summed E-state index contributed by atoms with van der Waals surface area (Å²) in [5, 5.41) is 0. The molecule has 0 aromatic heterocycles. The minimum atomic E-state index is -6.85. The van der Waals surface area contributed by atoms with Crippen LogP contribution in [0.1, 0.15) is 20.8 Å². The summed E-state index contributed by atoms with van der Waals surface area (Å²) in [6.45, 7) is 2.46. The maximum atomic E-state index is 13.1. The molecule has 0 aromatic carbocycles. The second kappa shape index (κ2) is 5.55. The largest absolute Gasteiger partial charge is 0.465 e. The first-order valence-corrected chi connectivity index (χ1v) is 6.28. The number of nitrogens with zero attached hydrogens (tertiary/aromatic N) is 1. The average Bonchev–Trinajstić information content (AvgIpc) is 2.60. The molecule has 1 fully saturated rings. The van der Waals surface area contributed by atoms with Gasteiger partial charge in [0, 0.05) is 0 Å². The Morgan fingerprint density at radius 3 is 1.23 bits per heavy atom. The van der Waals surface area contributed by atoms with E-state index in [0.29, 0.717) is 0 Å². The lowest BCUT2D eigenvalue weighted by Gasteiger charge is -2.34. The third kappa shape index (κ3) is 3.29. The second-order valence-corrected chi connectivity index (χ2v) is 6.08. The maximum Gasteiger partial charge on any atom is 0.465 e. The molecule has 1 heterocycles. The van der Waals surface area contributed by atoms with E-state index in [1.54, 1.807) is 0 Å². The van der Waals surface area contributed by atoms with Crippen LogP contribution in [-0.2, 0) is 9.47 Å². The first kappa shape index (κ1) is 22.6. The fraction of sp³-hybridized carbons (Fsp3) is 0.909. The summed E-state index contributed by atoms with van der Waals surface area (Å²) < 4.78 is 162. The third-order valence-corrected chi connectivity index (χ3v) is 2.82. The minimum Gasteiger partial charge on any atom is -0.429 e. The van der Waals surface area contributed by atoms with E-state index in [1.165, 1.54) is 0 Å². The van der Waals surface area contributed by atoms with Gasteiger partial charge >= 0.3 is 36.1 Å². The normalized spacial score (nSPS) is 23.3. The number of halogens is 12. The molecule has 1 rings (SSSR count).